The summed E-state index contributed by atoms with van der Waals surface area (Å²) in [6, 6.07) is 12.0. The fourth-order valence-electron chi connectivity index (χ4n) is 3.26. The largest absolute Gasteiger partial charge is 0.489 e. The molecule has 0 bridgehead atoms. The predicted molar refractivity (Wildman–Crippen MR) is 101 cm³/mol. The number of aromatic nitrogens is 1. The molecule has 4 rings (SSSR count). The molecule has 0 spiro atoms. The molecule has 1 saturated heterocycles. The number of benzene rings is 1. The molecule has 0 aliphatic carbocycles. The van der Waals surface area contributed by atoms with Gasteiger partial charge in [-0.2, -0.15) is 0 Å². The Labute approximate surface area is 156 Å². The van der Waals surface area contributed by atoms with E-state index in [1.165, 1.54) is 6.07 Å². The van der Waals surface area contributed by atoms with Crippen molar-refractivity contribution in [2.75, 3.05) is 13.1 Å². The SMILES string of the molecule is Cc1ccc(OC2CCN(C(=O)c3cc(=O)c4ccccc4o3)CC2)cn1. The van der Waals surface area contributed by atoms with Crippen LogP contribution in [-0.4, -0.2) is 35.0 Å². The summed E-state index contributed by atoms with van der Waals surface area (Å²) in [5, 5.41) is 0.480. The van der Waals surface area contributed by atoms with Crippen molar-refractivity contribution < 1.29 is 13.9 Å². The lowest BCUT2D eigenvalue weighted by molar-refractivity contribution is 0.0566. The molecule has 3 heterocycles. The van der Waals surface area contributed by atoms with Crippen LogP contribution in [0.3, 0.4) is 0 Å². The molecule has 0 atom stereocenters. The third-order valence-corrected chi connectivity index (χ3v) is 4.76. The van der Waals surface area contributed by atoms with Gasteiger partial charge in [0.25, 0.3) is 5.91 Å². The number of carbonyl (C=O) groups excluding carboxylic acids is 1. The van der Waals surface area contributed by atoms with Crippen LogP contribution in [0.5, 0.6) is 5.75 Å². The van der Waals surface area contributed by atoms with Gasteiger partial charge in [0.15, 0.2) is 11.2 Å². The smallest absolute Gasteiger partial charge is 0.289 e. The second-order valence-corrected chi connectivity index (χ2v) is 6.72. The average Bonchev–Trinajstić information content (AvgIpc) is 2.70. The molecule has 0 unspecified atom stereocenters. The summed E-state index contributed by atoms with van der Waals surface area (Å²) in [5.41, 5.74) is 1.17. The van der Waals surface area contributed by atoms with Crippen LogP contribution in [-0.2, 0) is 0 Å². The van der Waals surface area contributed by atoms with E-state index in [-0.39, 0.29) is 23.2 Å². The highest BCUT2D eigenvalue weighted by Gasteiger charge is 2.26. The Morgan fingerprint density at radius 1 is 1.19 bits per heavy atom. The number of amides is 1. The number of hydrogen-bond donors (Lipinski definition) is 0. The molecule has 1 fully saturated rings. The molecule has 6 heteroatoms. The summed E-state index contributed by atoms with van der Waals surface area (Å²) < 4.78 is 11.6. The topological polar surface area (TPSA) is 72.6 Å². The van der Waals surface area contributed by atoms with Crippen LogP contribution in [0.15, 0.2) is 57.9 Å². The zero-order valence-electron chi connectivity index (χ0n) is 15.1. The third-order valence-electron chi connectivity index (χ3n) is 4.76. The average molecular weight is 364 g/mol. The second-order valence-electron chi connectivity index (χ2n) is 6.72. The number of carbonyl (C=O) groups is 1. The van der Waals surface area contributed by atoms with Gasteiger partial charge < -0.3 is 14.1 Å². The number of likely N-dealkylation sites (tertiary alicyclic amines) is 1. The highest BCUT2D eigenvalue weighted by Crippen LogP contribution is 2.20. The highest BCUT2D eigenvalue weighted by atomic mass is 16.5. The summed E-state index contributed by atoms with van der Waals surface area (Å²) in [6.45, 7) is 3.04. The summed E-state index contributed by atoms with van der Waals surface area (Å²) in [4.78, 5) is 30.9. The monoisotopic (exact) mass is 364 g/mol. The molecule has 0 radical (unpaired) electrons. The number of fused-ring (bicyclic) bond motifs is 1. The number of ether oxygens (including phenoxy) is 1. The Balaban J connectivity index is 1.43. The fourth-order valence-corrected chi connectivity index (χ4v) is 3.26. The van der Waals surface area contributed by atoms with E-state index < -0.39 is 0 Å². The molecular weight excluding hydrogens is 344 g/mol. The van der Waals surface area contributed by atoms with Crippen LogP contribution in [0.25, 0.3) is 11.0 Å². The maximum Gasteiger partial charge on any atom is 0.289 e. The van der Waals surface area contributed by atoms with Crippen molar-refractivity contribution in [3.63, 3.8) is 0 Å². The fraction of sp³-hybridized carbons (Fsp3) is 0.286. The number of nitrogens with zero attached hydrogens (tertiary/aromatic N) is 2. The van der Waals surface area contributed by atoms with Gasteiger partial charge in [-0.25, -0.2) is 0 Å². The second kappa shape index (κ2) is 7.23. The lowest BCUT2D eigenvalue weighted by Gasteiger charge is -2.31. The lowest BCUT2D eigenvalue weighted by Crippen LogP contribution is -2.42. The molecule has 1 amide bonds. The summed E-state index contributed by atoms with van der Waals surface area (Å²) in [7, 11) is 0. The van der Waals surface area contributed by atoms with E-state index >= 15 is 0 Å². The van der Waals surface area contributed by atoms with Crippen molar-refractivity contribution in [3.05, 3.63) is 70.3 Å². The van der Waals surface area contributed by atoms with Gasteiger partial charge in [0, 0.05) is 37.7 Å². The quantitative estimate of drug-likeness (QED) is 0.714. The van der Waals surface area contributed by atoms with E-state index in [9.17, 15) is 9.59 Å². The first-order chi connectivity index (χ1) is 13.1. The minimum atomic E-state index is -0.256. The summed E-state index contributed by atoms with van der Waals surface area (Å²) in [5.74, 6) is 0.569. The van der Waals surface area contributed by atoms with Crippen molar-refractivity contribution in [2.24, 2.45) is 0 Å². The predicted octanol–water partition coefficient (Wildman–Crippen LogP) is 3.18. The first kappa shape index (κ1) is 17.3. The van der Waals surface area contributed by atoms with E-state index in [2.05, 4.69) is 4.98 Å². The lowest BCUT2D eigenvalue weighted by atomic mass is 10.1. The maximum atomic E-state index is 12.7. The Morgan fingerprint density at radius 3 is 2.70 bits per heavy atom. The number of para-hydroxylation sites is 1. The van der Waals surface area contributed by atoms with Crippen molar-refractivity contribution in [1.29, 1.82) is 0 Å². The van der Waals surface area contributed by atoms with Gasteiger partial charge in [0.1, 0.15) is 17.4 Å². The Kier molecular flexibility index (Phi) is 4.62. The molecule has 27 heavy (non-hydrogen) atoms. The first-order valence-corrected chi connectivity index (χ1v) is 9.01. The minimum absolute atomic E-state index is 0.0437. The van der Waals surface area contributed by atoms with Gasteiger partial charge in [0.2, 0.25) is 0 Å². The van der Waals surface area contributed by atoms with Crippen LogP contribution in [0, 0.1) is 6.92 Å². The molecule has 0 saturated carbocycles. The van der Waals surface area contributed by atoms with Gasteiger partial charge in [-0.1, -0.05) is 12.1 Å². The Hall–Kier alpha value is -3.15. The first-order valence-electron chi connectivity index (χ1n) is 9.01. The Bertz CT molecular complexity index is 1020. The van der Waals surface area contributed by atoms with Gasteiger partial charge in [-0.05, 0) is 31.2 Å². The van der Waals surface area contributed by atoms with Crippen LogP contribution >= 0.6 is 0 Å². The van der Waals surface area contributed by atoms with Crippen LogP contribution in [0.2, 0.25) is 0 Å². The van der Waals surface area contributed by atoms with Crippen molar-refractivity contribution in [2.45, 2.75) is 25.9 Å². The van der Waals surface area contributed by atoms with Crippen LogP contribution in [0.4, 0.5) is 0 Å². The summed E-state index contributed by atoms with van der Waals surface area (Å²) >= 11 is 0. The van der Waals surface area contributed by atoms with E-state index in [0.29, 0.717) is 24.1 Å². The van der Waals surface area contributed by atoms with Crippen LogP contribution < -0.4 is 10.2 Å². The molecule has 1 aliphatic heterocycles. The number of hydrogen-bond acceptors (Lipinski definition) is 5. The molecule has 0 N–H and O–H groups in total. The van der Waals surface area contributed by atoms with Gasteiger partial charge in [0.05, 0.1) is 11.6 Å². The number of pyridine rings is 1. The van der Waals surface area contributed by atoms with E-state index in [1.807, 2.05) is 19.1 Å². The minimum Gasteiger partial charge on any atom is -0.489 e. The van der Waals surface area contributed by atoms with Gasteiger partial charge in [-0.3, -0.25) is 14.6 Å². The molecule has 2 aromatic heterocycles. The zero-order valence-corrected chi connectivity index (χ0v) is 15.1. The molecular formula is C21H20N2O4. The normalized spacial score (nSPS) is 15.1. The van der Waals surface area contributed by atoms with E-state index in [4.69, 9.17) is 9.15 Å². The van der Waals surface area contributed by atoms with Gasteiger partial charge in [-0.15, -0.1) is 0 Å². The van der Waals surface area contributed by atoms with E-state index in [1.54, 1.807) is 35.4 Å². The third kappa shape index (κ3) is 3.69. The van der Waals surface area contributed by atoms with E-state index in [0.717, 1.165) is 24.3 Å². The number of rotatable bonds is 3. The molecule has 1 aromatic carbocycles. The highest BCUT2D eigenvalue weighted by molar-refractivity contribution is 5.93. The van der Waals surface area contributed by atoms with Crippen LogP contribution in [0.1, 0.15) is 29.1 Å². The van der Waals surface area contributed by atoms with Gasteiger partial charge >= 0.3 is 0 Å². The number of aryl methyl sites for hydroxylation is 1. The van der Waals surface area contributed by atoms with Crippen molar-refractivity contribution >= 4 is 16.9 Å². The maximum absolute atomic E-state index is 12.7. The molecule has 6 nitrogen and oxygen atoms in total. The zero-order chi connectivity index (χ0) is 18.8. The van der Waals surface area contributed by atoms with Crippen molar-refractivity contribution in [3.8, 4) is 5.75 Å². The molecule has 3 aromatic rings. The standard InChI is InChI=1S/C21H20N2O4/c1-14-6-7-16(13-22-14)26-15-8-10-23(11-9-15)21(25)20-12-18(24)17-4-2-3-5-19(17)27-20/h2-7,12-13,15H,8-11H2,1H3. The molecule has 138 valence electrons. The Morgan fingerprint density at radius 2 is 1.96 bits per heavy atom. The van der Waals surface area contributed by atoms with Crippen molar-refractivity contribution in [1.82, 2.24) is 9.88 Å². The number of piperidine rings is 1. The molecule has 1 aliphatic rings. The summed E-state index contributed by atoms with van der Waals surface area (Å²) in [6.07, 6.45) is 3.20.